The van der Waals surface area contributed by atoms with Crippen molar-refractivity contribution in [2.45, 2.75) is 51.4 Å². The molecule has 5 nitrogen and oxygen atoms in total. The van der Waals surface area contributed by atoms with Gasteiger partial charge in [-0.3, -0.25) is 4.79 Å². The minimum atomic E-state index is -0.374. The highest BCUT2D eigenvalue weighted by molar-refractivity contribution is 5.85. The average molecular weight is 445 g/mol. The van der Waals surface area contributed by atoms with Gasteiger partial charge in [0.15, 0.2) is 0 Å². The predicted molar refractivity (Wildman–Crippen MR) is 125 cm³/mol. The van der Waals surface area contributed by atoms with E-state index in [9.17, 15) is 9.59 Å². The minimum Gasteiger partial charge on any atom is -0.341 e. The summed E-state index contributed by atoms with van der Waals surface area (Å²) in [4.78, 5) is 28.6. The van der Waals surface area contributed by atoms with E-state index in [0.717, 1.165) is 57.2 Å². The van der Waals surface area contributed by atoms with E-state index >= 15 is 0 Å². The Morgan fingerprint density at radius 3 is 2.10 bits per heavy atom. The number of amides is 1. The molecular weight excluding hydrogens is 412 g/mol. The number of carbonyl (C=O) groups is 2. The number of rotatable bonds is 11. The Morgan fingerprint density at radius 2 is 1.48 bits per heavy atom. The van der Waals surface area contributed by atoms with Gasteiger partial charge in [0.25, 0.3) is 5.91 Å². The lowest BCUT2D eigenvalue weighted by Gasteiger charge is -2.26. The highest BCUT2D eigenvalue weighted by atomic mass is 35.5. The Hall–Kier alpha value is -2.37. The number of hydrogen-bond donors (Lipinski definition) is 2. The number of hydrogen-bond acceptors (Lipinski definition) is 4. The summed E-state index contributed by atoms with van der Waals surface area (Å²) in [5, 5.41) is 3.21. The Morgan fingerprint density at radius 1 is 0.871 bits per heavy atom. The summed E-state index contributed by atoms with van der Waals surface area (Å²) in [6, 6.07) is 18.7. The number of aryl methyl sites for hydroxylation is 2. The van der Waals surface area contributed by atoms with Crippen molar-refractivity contribution in [3.05, 3.63) is 71.3 Å². The molecule has 0 bridgehead atoms. The number of nitrogens with one attached hydrogen (secondary N) is 2. The van der Waals surface area contributed by atoms with Crippen LogP contribution >= 0.6 is 12.4 Å². The van der Waals surface area contributed by atoms with Crippen LogP contribution in [0.5, 0.6) is 0 Å². The molecule has 3 rings (SSSR count). The molecule has 0 spiro atoms. The van der Waals surface area contributed by atoms with Crippen molar-refractivity contribution in [1.82, 2.24) is 10.8 Å². The van der Waals surface area contributed by atoms with Crippen molar-refractivity contribution in [3.8, 4) is 0 Å². The highest BCUT2D eigenvalue weighted by Crippen LogP contribution is 2.13. The van der Waals surface area contributed by atoms with Gasteiger partial charge < -0.3 is 10.2 Å². The Labute approximate surface area is 191 Å². The molecule has 6 heteroatoms. The van der Waals surface area contributed by atoms with Crippen LogP contribution in [0.25, 0.3) is 0 Å². The number of hydroxylamine groups is 1. The van der Waals surface area contributed by atoms with Crippen LogP contribution in [0.1, 0.15) is 48.8 Å². The van der Waals surface area contributed by atoms with E-state index in [1.165, 1.54) is 11.1 Å². The normalized spacial score (nSPS) is 13.0. The second-order valence-corrected chi connectivity index (χ2v) is 8.10. The van der Waals surface area contributed by atoms with E-state index in [0.29, 0.717) is 12.3 Å². The van der Waals surface area contributed by atoms with E-state index in [1.54, 1.807) is 0 Å². The van der Waals surface area contributed by atoms with Gasteiger partial charge in [0.1, 0.15) is 0 Å². The lowest BCUT2D eigenvalue weighted by atomic mass is 9.97. The zero-order valence-corrected chi connectivity index (χ0v) is 18.8. The fourth-order valence-corrected chi connectivity index (χ4v) is 3.60. The lowest BCUT2D eigenvalue weighted by Crippen LogP contribution is -2.41. The molecule has 0 aliphatic carbocycles. The number of carbonyl (C=O) groups excluding carboxylic acids is 2. The van der Waals surface area contributed by atoms with Crippen molar-refractivity contribution in [1.29, 1.82) is 0 Å². The van der Waals surface area contributed by atoms with Gasteiger partial charge in [0.2, 0.25) is 0 Å². The van der Waals surface area contributed by atoms with Gasteiger partial charge in [-0.1, -0.05) is 54.6 Å². The molecule has 2 aromatic carbocycles. The van der Waals surface area contributed by atoms with Crippen molar-refractivity contribution in [3.63, 3.8) is 0 Å². The van der Waals surface area contributed by atoms with Crippen molar-refractivity contribution < 1.29 is 14.4 Å². The molecule has 0 aromatic heterocycles. The topological polar surface area (TPSA) is 67.4 Å². The second kappa shape index (κ2) is 13.8. The quantitative estimate of drug-likeness (QED) is 0.403. The van der Waals surface area contributed by atoms with Crippen molar-refractivity contribution in [2.24, 2.45) is 5.92 Å². The monoisotopic (exact) mass is 444 g/mol. The standard InChI is InChI=1S/C25H32N2O3.ClH/c28-24(27-30-25(29)12-6-11-23-18-26-19-23)17-22-15-13-21(14-16-22)10-5-4-9-20-7-2-1-3-8-20;/h1-3,7-8,13-16,23,26H,4-6,9-12,17-19H2,(H,27,28);1H. The molecule has 0 radical (unpaired) electrons. The van der Waals surface area contributed by atoms with E-state index in [-0.39, 0.29) is 30.7 Å². The smallest absolute Gasteiger partial charge is 0.332 e. The van der Waals surface area contributed by atoms with Gasteiger partial charge >= 0.3 is 5.97 Å². The number of benzene rings is 2. The first-order chi connectivity index (χ1) is 14.7. The maximum Gasteiger partial charge on any atom is 0.332 e. The molecule has 1 aliphatic rings. The molecule has 1 amide bonds. The third-order valence-electron chi connectivity index (χ3n) is 5.55. The average Bonchev–Trinajstić information content (AvgIpc) is 2.73. The van der Waals surface area contributed by atoms with Gasteiger partial charge in [-0.15, -0.1) is 12.4 Å². The molecule has 1 fully saturated rings. The number of unbranched alkanes of at least 4 members (excludes halogenated alkanes) is 1. The van der Waals surface area contributed by atoms with E-state index in [1.807, 2.05) is 18.2 Å². The van der Waals surface area contributed by atoms with Gasteiger partial charge in [-0.05, 0) is 74.2 Å². The second-order valence-electron chi connectivity index (χ2n) is 8.10. The van der Waals surface area contributed by atoms with Crippen LogP contribution in [-0.4, -0.2) is 25.0 Å². The fourth-order valence-electron chi connectivity index (χ4n) is 3.60. The maximum atomic E-state index is 12.0. The molecule has 31 heavy (non-hydrogen) atoms. The fraction of sp³-hybridized carbons (Fsp3) is 0.440. The molecular formula is C25H33ClN2O3. The zero-order valence-electron chi connectivity index (χ0n) is 18.0. The summed E-state index contributed by atoms with van der Waals surface area (Å²) < 4.78 is 0. The molecule has 168 valence electrons. The molecule has 2 aromatic rings. The predicted octanol–water partition coefficient (Wildman–Crippen LogP) is 4.18. The largest absolute Gasteiger partial charge is 0.341 e. The summed E-state index contributed by atoms with van der Waals surface area (Å²) in [5.74, 6) is 0.00265. The Bertz CT molecular complexity index is 792. The van der Waals surface area contributed by atoms with Crippen LogP contribution in [0.2, 0.25) is 0 Å². The molecule has 1 aliphatic heterocycles. The molecule has 1 heterocycles. The molecule has 1 saturated heterocycles. The van der Waals surface area contributed by atoms with Crippen LogP contribution in [0.4, 0.5) is 0 Å². The van der Waals surface area contributed by atoms with Gasteiger partial charge in [0.05, 0.1) is 6.42 Å². The van der Waals surface area contributed by atoms with E-state index in [2.05, 4.69) is 47.2 Å². The third kappa shape index (κ3) is 9.53. The first-order valence-corrected chi connectivity index (χ1v) is 11.0. The summed E-state index contributed by atoms with van der Waals surface area (Å²) in [6.07, 6.45) is 6.82. The van der Waals surface area contributed by atoms with Crippen LogP contribution < -0.4 is 10.8 Å². The van der Waals surface area contributed by atoms with Crippen LogP contribution in [0.15, 0.2) is 54.6 Å². The number of halogens is 1. The third-order valence-corrected chi connectivity index (χ3v) is 5.55. The molecule has 0 unspecified atom stereocenters. The van der Waals surface area contributed by atoms with Crippen LogP contribution in [-0.2, 0) is 33.7 Å². The minimum absolute atomic E-state index is 0. The van der Waals surface area contributed by atoms with E-state index < -0.39 is 0 Å². The first kappa shape index (κ1) is 24.9. The van der Waals surface area contributed by atoms with Gasteiger partial charge in [-0.2, -0.15) is 5.48 Å². The van der Waals surface area contributed by atoms with Gasteiger partial charge in [0, 0.05) is 6.42 Å². The molecule has 0 atom stereocenters. The molecule has 2 N–H and O–H groups in total. The first-order valence-electron chi connectivity index (χ1n) is 11.0. The SMILES string of the molecule is Cl.O=C(Cc1ccc(CCCCc2ccccc2)cc1)NOC(=O)CCCC1CNC1. The summed E-state index contributed by atoms with van der Waals surface area (Å²) in [5.41, 5.74) is 5.84. The van der Waals surface area contributed by atoms with Crippen molar-refractivity contribution >= 4 is 24.3 Å². The Kier molecular flexibility index (Phi) is 11.1. The summed E-state index contributed by atoms with van der Waals surface area (Å²) in [7, 11) is 0. The maximum absolute atomic E-state index is 12.0. The zero-order chi connectivity index (χ0) is 21.0. The summed E-state index contributed by atoms with van der Waals surface area (Å²) >= 11 is 0. The lowest BCUT2D eigenvalue weighted by molar-refractivity contribution is -0.158. The van der Waals surface area contributed by atoms with Crippen molar-refractivity contribution in [2.75, 3.05) is 13.1 Å². The molecule has 0 saturated carbocycles. The van der Waals surface area contributed by atoms with Crippen LogP contribution in [0, 0.1) is 5.92 Å². The Balaban J connectivity index is 0.00000341. The summed E-state index contributed by atoms with van der Waals surface area (Å²) in [6.45, 7) is 2.08. The highest BCUT2D eigenvalue weighted by Gasteiger charge is 2.17. The van der Waals surface area contributed by atoms with E-state index in [4.69, 9.17) is 4.84 Å². The van der Waals surface area contributed by atoms with Crippen LogP contribution in [0.3, 0.4) is 0 Å². The van der Waals surface area contributed by atoms with Gasteiger partial charge in [-0.25, -0.2) is 4.79 Å².